The molecule has 0 N–H and O–H groups in total. The van der Waals surface area contributed by atoms with E-state index in [0.29, 0.717) is 43.9 Å². The third-order valence-corrected chi connectivity index (χ3v) is 9.02. The molecule has 232 valence electrons. The van der Waals surface area contributed by atoms with E-state index in [0.717, 1.165) is 22.3 Å². The summed E-state index contributed by atoms with van der Waals surface area (Å²) in [5, 5.41) is 0.683. The lowest BCUT2D eigenvalue weighted by Gasteiger charge is -2.26. The van der Waals surface area contributed by atoms with Crippen LogP contribution in [0.4, 0.5) is 0 Å². The van der Waals surface area contributed by atoms with Crippen LogP contribution in [0.25, 0.3) is 11.8 Å². The molecule has 0 saturated carbocycles. The number of benzene rings is 4. The number of hydrogen-bond acceptors (Lipinski definition) is 6. The average Bonchev–Trinajstić information content (AvgIpc) is 3.38. The molecule has 5 aromatic rings. The summed E-state index contributed by atoms with van der Waals surface area (Å²) < 4.78 is 13.6. The van der Waals surface area contributed by atoms with E-state index >= 15 is 0 Å². The molecule has 1 aliphatic heterocycles. The number of hydrogen-bond donors (Lipinski definition) is 0. The predicted octanol–water partition coefficient (Wildman–Crippen LogP) is 7.29. The van der Waals surface area contributed by atoms with Gasteiger partial charge in [0.1, 0.15) is 12.4 Å². The van der Waals surface area contributed by atoms with Crippen LogP contribution in [0.2, 0.25) is 5.02 Å². The van der Waals surface area contributed by atoms with E-state index in [1.807, 2.05) is 97.1 Å². The van der Waals surface area contributed by atoms with Gasteiger partial charge in [-0.1, -0.05) is 116 Å². The van der Waals surface area contributed by atoms with Gasteiger partial charge < -0.3 is 9.47 Å². The molecule has 0 aliphatic carbocycles. The maximum absolute atomic E-state index is 14.2. The van der Waals surface area contributed by atoms with Crippen molar-refractivity contribution < 1.29 is 14.3 Å². The van der Waals surface area contributed by atoms with Gasteiger partial charge in [-0.2, -0.15) is 0 Å². The molecule has 1 atom stereocenters. The summed E-state index contributed by atoms with van der Waals surface area (Å²) >= 11 is 7.29. The van der Waals surface area contributed by atoms with Crippen molar-refractivity contribution in [2.75, 3.05) is 6.61 Å². The Morgan fingerprint density at radius 2 is 1.65 bits per heavy atom. The minimum absolute atomic E-state index is 0.202. The van der Waals surface area contributed by atoms with Crippen LogP contribution in [0.3, 0.4) is 0 Å². The molecule has 0 spiro atoms. The van der Waals surface area contributed by atoms with Crippen LogP contribution >= 0.6 is 22.9 Å². The summed E-state index contributed by atoms with van der Waals surface area (Å²) in [4.78, 5) is 33.3. The summed E-state index contributed by atoms with van der Waals surface area (Å²) in [6.45, 7) is 6.66. The Hall–Kier alpha value is -4.72. The van der Waals surface area contributed by atoms with E-state index < -0.39 is 12.0 Å². The fraction of sp³-hybridized carbons (Fsp3) is 0.184. The Kier molecular flexibility index (Phi) is 9.33. The molecule has 46 heavy (non-hydrogen) atoms. The Balaban J connectivity index is 1.43. The van der Waals surface area contributed by atoms with E-state index in [-0.39, 0.29) is 12.2 Å². The van der Waals surface area contributed by atoms with Crippen molar-refractivity contribution in [1.82, 2.24) is 4.57 Å². The highest BCUT2D eigenvalue weighted by atomic mass is 35.5. The van der Waals surface area contributed by atoms with Crippen molar-refractivity contribution in [3.63, 3.8) is 0 Å². The summed E-state index contributed by atoms with van der Waals surface area (Å²) in [5.41, 5.74) is 5.24. The first kappa shape index (κ1) is 31.3. The molecule has 1 aromatic heterocycles. The van der Waals surface area contributed by atoms with Crippen LogP contribution in [0, 0.1) is 0 Å². The van der Waals surface area contributed by atoms with Crippen molar-refractivity contribution in [2.45, 2.75) is 39.3 Å². The molecule has 1 aliphatic rings. The van der Waals surface area contributed by atoms with Crippen LogP contribution in [0.15, 0.2) is 118 Å². The van der Waals surface area contributed by atoms with Crippen LogP contribution in [0.5, 0.6) is 5.75 Å². The fourth-order valence-corrected chi connectivity index (χ4v) is 6.50. The number of esters is 1. The summed E-state index contributed by atoms with van der Waals surface area (Å²) in [6, 6.07) is 32.1. The third kappa shape index (κ3) is 6.62. The van der Waals surface area contributed by atoms with Gasteiger partial charge in [0.2, 0.25) is 0 Å². The molecular weight excluding hydrogens is 616 g/mol. The van der Waals surface area contributed by atoms with Crippen molar-refractivity contribution in [3.8, 4) is 5.75 Å². The smallest absolute Gasteiger partial charge is 0.338 e. The van der Waals surface area contributed by atoms with Gasteiger partial charge >= 0.3 is 5.97 Å². The lowest BCUT2D eigenvalue weighted by Crippen LogP contribution is -2.40. The lowest BCUT2D eigenvalue weighted by atomic mass is 9.91. The third-order valence-electron chi connectivity index (χ3n) is 7.79. The number of halogens is 1. The van der Waals surface area contributed by atoms with Gasteiger partial charge in [0, 0.05) is 10.6 Å². The molecule has 1 unspecified atom stereocenters. The zero-order valence-corrected chi connectivity index (χ0v) is 27.3. The highest BCUT2D eigenvalue weighted by Crippen LogP contribution is 2.35. The first-order valence-corrected chi connectivity index (χ1v) is 16.4. The van der Waals surface area contributed by atoms with Crippen molar-refractivity contribution in [2.24, 2.45) is 4.99 Å². The molecular formula is C38H33ClN2O4S. The first-order chi connectivity index (χ1) is 22.3. The van der Waals surface area contributed by atoms with Gasteiger partial charge in [0.15, 0.2) is 4.80 Å². The molecule has 0 saturated heterocycles. The number of thiazole rings is 1. The number of fused-ring (bicyclic) bond motifs is 1. The minimum Gasteiger partial charge on any atom is -0.489 e. The SMILES string of the molecule is CCOC(=O)C1=C(c2ccccc2)N=c2s/c(=C\c3ccc(OCc4ccc(Cl)cc4)cc3)c(=O)n2C1c1ccc(C(C)C)cc1. The van der Waals surface area contributed by atoms with Crippen molar-refractivity contribution >= 4 is 40.7 Å². The normalized spacial score (nSPS) is 14.6. The Morgan fingerprint density at radius 3 is 2.30 bits per heavy atom. The topological polar surface area (TPSA) is 69.9 Å². The second kappa shape index (κ2) is 13.7. The number of ether oxygens (including phenoxy) is 2. The van der Waals surface area contributed by atoms with Gasteiger partial charge in [0.05, 0.1) is 28.5 Å². The van der Waals surface area contributed by atoms with Crippen LogP contribution < -0.4 is 19.6 Å². The monoisotopic (exact) mass is 648 g/mol. The lowest BCUT2D eigenvalue weighted by molar-refractivity contribution is -0.138. The Morgan fingerprint density at radius 1 is 0.957 bits per heavy atom. The van der Waals surface area contributed by atoms with Gasteiger partial charge in [-0.15, -0.1) is 0 Å². The van der Waals surface area contributed by atoms with E-state index in [9.17, 15) is 9.59 Å². The van der Waals surface area contributed by atoms with E-state index in [1.165, 1.54) is 16.9 Å². The van der Waals surface area contributed by atoms with Crippen LogP contribution in [-0.4, -0.2) is 17.1 Å². The van der Waals surface area contributed by atoms with E-state index in [2.05, 4.69) is 26.0 Å². The predicted molar refractivity (Wildman–Crippen MR) is 184 cm³/mol. The zero-order valence-electron chi connectivity index (χ0n) is 25.8. The van der Waals surface area contributed by atoms with Crippen molar-refractivity contribution in [3.05, 3.63) is 161 Å². The maximum Gasteiger partial charge on any atom is 0.338 e. The Bertz CT molecular complexity index is 2060. The molecule has 0 bridgehead atoms. The molecule has 0 amide bonds. The summed E-state index contributed by atoms with van der Waals surface area (Å²) in [7, 11) is 0. The Labute approximate surface area is 276 Å². The second-order valence-corrected chi connectivity index (χ2v) is 12.7. The van der Waals surface area contributed by atoms with Crippen LogP contribution in [-0.2, 0) is 16.1 Å². The van der Waals surface area contributed by atoms with Gasteiger partial charge in [-0.3, -0.25) is 9.36 Å². The van der Waals surface area contributed by atoms with Gasteiger partial charge in [-0.25, -0.2) is 9.79 Å². The highest BCUT2D eigenvalue weighted by Gasteiger charge is 2.35. The molecule has 4 aromatic carbocycles. The summed E-state index contributed by atoms with van der Waals surface area (Å²) in [5.74, 6) is 0.557. The summed E-state index contributed by atoms with van der Waals surface area (Å²) in [6.07, 6.45) is 1.85. The molecule has 0 radical (unpaired) electrons. The minimum atomic E-state index is -0.711. The average molecular weight is 649 g/mol. The van der Waals surface area contributed by atoms with Crippen molar-refractivity contribution in [1.29, 1.82) is 0 Å². The maximum atomic E-state index is 14.2. The van der Waals surface area contributed by atoms with Gasteiger partial charge in [0.25, 0.3) is 5.56 Å². The molecule has 8 heteroatoms. The second-order valence-electron chi connectivity index (χ2n) is 11.2. The number of carbonyl (C=O) groups is 1. The van der Waals surface area contributed by atoms with Crippen LogP contribution in [0.1, 0.15) is 60.5 Å². The number of rotatable bonds is 9. The number of aromatic nitrogens is 1. The molecule has 0 fully saturated rings. The molecule has 6 rings (SSSR count). The highest BCUT2D eigenvalue weighted by molar-refractivity contribution is 7.07. The zero-order chi connectivity index (χ0) is 32.2. The van der Waals surface area contributed by atoms with E-state index in [1.54, 1.807) is 11.5 Å². The molecule has 2 heterocycles. The first-order valence-electron chi connectivity index (χ1n) is 15.2. The molecule has 6 nitrogen and oxygen atoms in total. The van der Waals surface area contributed by atoms with E-state index in [4.69, 9.17) is 26.1 Å². The standard InChI is InChI=1S/C38H33ClN2O4S/c1-4-44-37(43)33-34(28-8-6-5-7-9-28)40-38-41(35(33)29-16-14-27(15-17-29)24(2)3)36(42)32(46-38)22-25-12-20-31(21-13-25)45-23-26-10-18-30(39)19-11-26/h5-22,24,35H,4,23H2,1-3H3/b32-22-. The van der Waals surface area contributed by atoms with Gasteiger partial charge in [-0.05, 0) is 65.4 Å². The quantitative estimate of drug-likeness (QED) is 0.157. The number of nitrogens with zero attached hydrogens (tertiary/aromatic N) is 2. The number of carbonyl (C=O) groups excluding carboxylic acids is 1. The fourth-order valence-electron chi connectivity index (χ4n) is 5.38. The largest absolute Gasteiger partial charge is 0.489 e.